The minimum Gasteiger partial charge on any atom is -0.429 e. The fourth-order valence-electron chi connectivity index (χ4n) is 4.90. The van der Waals surface area contributed by atoms with Gasteiger partial charge in [0.25, 0.3) is 0 Å². The first-order valence-electron chi connectivity index (χ1n) is 8.71. The third kappa shape index (κ3) is 2.64. The van der Waals surface area contributed by atoms with E-state index in [1.807, 2.05) is 6.92 Å². The van der Waals surface area contributed by atoms with Gasteiger partial charge >= 0.3 is 6.09 Å². The molecule has 25 heavy (non-hydrogen) atoms. The van der Waals surface area contributed by atoms with E-state index in [9.17, 15) is 9.59 Å². The number of methoxy groups -OCH3 is 1. The van der Waals surface area contributed by atoms with Crippen LogP contribution in [-0.4, -0.2) is 54.8 Å². The normalized spacial score (nSPS) is 39.1. The molecular weight excluding hydrogens is 394 g/mol. The molecule has 3 rings (SSSR count). The highest BCUT2D eigenvalue weighted by Gasteiger charge is 2.71. The van der Waals surface area contributed by atoms with Crippen LogP contribution >= 0.6 is 15.9 Å². The smallest absolute Gasteiger partial charge is 0.420 e. The van der Waals surface area contributed by atoms with E-state index in [0.29, 0.717) is 18.9 Å². The molecule has 2 amide bonds. The maximum Gasteiger partial charge on any atom is 0.420 e. The van der Waals surface area contributed by atoms with Gasteiger partial charge in [0.2, 0.25) is 10.9 Å². The molecule has 2 saturated carbocycles. The Kier molecular flexibility index (Phi) is 5.18. The molecule has 5 atom stereocenters. The molecule has 7 nitrogen and oxygen atoms in total. The largest absolute Gasteiger partial charge is 0.429 e. The van der Waals surface area contributed by atoms with E-state index in [0.717, 1.165) is 17.7 Å². The molecule has 3 aliphatic rings. The molecule has 8 heteroatoms. The zero-order valence-corrected chi connectivity index (χ0v) is 16.7. The number of cyclic esters (lactones) is 1. The van der Waals surface area contributed by atoms with Crippen LogP contribution in [0.5, 0.6) is 0 Å². The minimum absolute atomic E-state index is 0.151. The lowest BCUT2D eigenvalue weighted by Gasteiger charge is -2.42. The Morgan fingerprint density at radius 1 is 1.44 bits per heavy atom. The van der Waals surface area contributed by atoms with Crippen molar-refractivity contribution >= 4 is 27.9 Å². The topological polar surface area (TPSA) is 74.3 Å². The highest BCUT2D eigenvalue weighted by atomic mass is 79.9. The molecular formula is C17H26BrNO6. The predicted octanol–water partition coefficient (Wildman–Crippen LogP) is 2.86. The van der Waals surface area contributed by atoms with Gasteiger partial charge in [0.1, 0.15) is 6.79 Å². The van der Waals surface area contributed by atoms with Crippen LogP contribution in [0.15, 0.2) is 0 Å². The molecule has 0 aromatic rings. The van der Waals surface area contributed by atoms with Gasteiger partial charge in [-0.25, -0.2) is 9.69 Å². The van der Waals surface area contributed by atoms with E-state index in [1.165, 1.54) is 7.11 Å². The van der Waals surface area contributed by atoms with Crippen molar-refractivity contribution in [3.05, 3.63) is 0 Å². The summed E-state index contributed by atoms with van der Waals surface area (Å²) in [5.74, 6) is 0.111. The number of halogens is 1. The number of carbonyl (C=O) groups excluding carboxylic acids is 2. The maximum absolute atomic E-state index is 13.6. The number of ether oxygens (including phenoxy) is 4. The zero-order chi connectivity index (χ0) is 18.4. The van der Waals surface area contributed by atoms with Crippen LogP contribution in [0.3, 0.4) is 0 Å². The van der Waals surface area contributed by atoms with Crippen LogP contribution in [0.2, 0.25) is 0 Å². The molecule has 3 fully saturated rings. The maximum atomic E-state index is 13.6. The van der Waals surface area contributed by atoms with Crippen LogP contribution in [0.25, 0.3) is 0 Å². The van der Waals surface area contributed by atoms with Crippen molar-refractivity contribution in [1.29, 1.82) is 0 Å². The Labute approximate surface area is 156 Å². The number of nitrogens with zero attached hydrogens (tertiary/aromatic N) is 1. The van der Waals surface area contributed by atoms with Crippen LogP contribution in [0.4, 0.5) is 4.79 Å². The summed E-state index contributed by atoms with van der Waals surface area (Å²) in [5, 5.41) is -0.671. The van der Waals surface area contributed by atoms with Crippen molar-refractivity contribution in [2.45, 2.75) is 57.4 Å². The van der Waals surface area contributed by atoms with Gasteiger partial charge in [-0.05, 0) is 53.4 Å². The summed E-state index contributed by atoms with van der Waals surface area (Å²) in [7, 11) is 1.46. The molecule has 0 aromatic carbocycles. The standard InChI is InChI=1S/C17H26BrNO6/c1-5-23-9-24-11-8-10-6-7-17(11,16(10,2)3)14(20)19-13(22-4)12(18)25-15(19)21/h10-13H,5-9H2,1-4H3/t10-,11-,12-,13+,17+/m1/s1. The van der Waals surface area contributed by atoms with E-state index < -0.39 is 22.7 Å². The Morgan fingerprint density at radius 2 is 2.16 bits per heavy atom. The SMILES string of the molecule is CCOCO[C@@H]1C[C@H]2CC[C@]1(C(=O)N1C(=O)O[C@@H](Br)[C@@H]1OC)C2(C)C. The number of alkyl halides is 1. The lowest BCUT2D eigenvalue weighted by Crippen LogP contribution is -2.56. The number of amides is 2. The van der Waals surface area contributed by atoms with E-state index in [4.69, 9.17) is 18.9 Å². The third-order valence-electron chi connectivity index (χ3n) is 6.39. The fourth-order valence-corrected chi connectivity index (χ4v) is 5.51. The van der Waals surface area contributed by atoms with Crippen molar-refractivity contribution < 1.29 is 28.5 Å². The van der Waals surface area contributed by atoms with Gasteiger partial charge in [-0.15, -0.1) is 0 Å². The molecule has 1 heterocycles. The first-order valence-corrected chi connectivity index (χ1v) is 9.63. The minimum atomic E-state index is -0.780. The molecule has 0 N–H and O–H groups in total. The number of carbonyl (C=O) groups is 2. The van der Waals surface area contributed by atoms with Gasteiger partial charge in [0.15, 0.2) is 6.23 Å². The monoisotopic (exact) mass is 419 g/mol. The highest BCUT2D eigenvalue weighted by Crippen LogP contribution is 2.67. The molecule has 1 saturated heterocycles. The number of imide groups is 1. The van der Waals surface area contributed by atoms with Crippen molar-refractivity contribution in [3.63, 3.8) is 0 Å². The van der Waals surface area contributed by atoms with Crippen molar-refractivity contribution in [3.8, 4) is 0 Å². The first kappa shape index (κ1) is 19.1. The van der Waals surface area contributed by atoms with Gasteiger partial charge < -0.3 is 18.9 Å². The number of fused-ring (bicyclic) bond motifs is 2. The number of rotatable bonds is 6. The second-order valence-electron chi connectivity index (χ2n) is 7.47. The summed E-state index contributed by atoms with van der Waals surface area (Å²) in [4.78, 5) is 27.0. The summed E-state index contributed by atoms with van der Waals surface area (Å²) in [6.45, 7) is 6.80. The summed E-state index contributed by atoms with van der Waals surface area (Å²) < 4.78 is 21.8. The molecule has 2 bridgehead atoms. The van der Waals surface area contributed by atoms with Crippen molar-refractivity contribution in [2.75, 3.05) is 20.5 Å². The molecule has 0 aromatic heterocycles. The van der Waals surface area contributed by atoms with E-state index in [1.54, 1.807) is 0 Å². The summed E-state index contributed by atoms with van der Waals surface area (Å²) in [6.07, 6.45) is 0.698. The lowest BCUT2D eigenvalue weighted by atomic mass is 9.67. The summed E-state index contributed by atoms with van der Waals surface area (Å²) in [6, 6.07) is 0. The third-order valence-corrected chi connectivity index (χ3v) is 7.03. The van der Waals surface area contributed by atoms with E-state index in [2.05, 4.69) is 29.8 Å². The number of hydrogen-bond acceptors (Lipinski definition) is 6. The molecule has 0 radical (unpaired) electrons. The molecule has 142 valence electrons. The first-order chi connectivity index (χ1) is 11.8. The van der Waals surface area contributed by atoms with Crippen LogP contribution < -0.4 is 0 Å². The Bertz CT molecular complexity index is 555. The van der Waals surface area contributed by atoms with E-state index in [-0.39, 0.29) is 24.2 Å². The van der Waals surface area contributed by atoms with E-state index >= 15 is 0 Å². The lowest BCUT2D eigenvalue weighted by molar-refractivity contribution is -0.173. The zero-order valence-electron chi connectivity index (χ0n) is 15.1. The van der Waals surface area contributed by atoms with Crippen LogP contribution in [0, 0.1) is 16.7 Å². The van der Waals surface area contributed by atoms with Gasteiger partial charge in [0.05, 0.1) is 11.5 Å². The molecule has 1 aliphatic heterocycles. The van der Waals surface area contributed by atoms with Gasteiger partial charge in [0, 0.05) is 13.7 Å². The average Bonchev–Trinajstić information content (AvgIpc) is 3.08. The summed E-state index contributed by atoms with van der Waals surface area (Å²) in [5.41, 5.74) is -1.05. The highest BCUT2D eigenvalue weighted by molar-refractivity contribution is 9.09. The second-order valence-corrected chi connectivity index (χ2v) is 8.37. The fraction of sp³-hybridized carbons (Fsp3) is 0.882. The van der Waals surface area contributed by atoms with Crippen molar-refractivity contribution in [2.24, 2.45) is 16.7 Å². The Balaban J connectivity index is 1.92. The van der Waals surface area contributed by atoms with Gasteiger partial charge in [-0.1, -0.05) is 13.8 Å². The van der Waals surface area contributed by atoms with Gasteiger partial charge in [-0.2, -0.15) is 0 Å². The predicted molar refractivity (Wildman–Crippen MR) is 91.8 cm³/mol. The van der Waals surface area contributed by atoms with Crippen molar-refractivity contribution in [1.82, 2.24) is 4.90 Å². The average molecular weight is 420 g/mol. The van der Waals surface area contributed by atoms with Crippen LogP contribution in [0.1, 0.15) is 40.0 Å². The van der Waals surface area contributed by atoms with Crippen LogP contribution in [-0.2, 0) is 23.7 Å². The quantitative estimate of drug-likeness (QED) is 0.374. The Hall–Kier alpha value is -0.700. The Morgan fingerprint density at radius 3 is 2.76 bits per heavy atom. The molecule has 0 unspecified atom stereocenters. The molecule has 0 spiro atoms. The number of hydrogen-bond donors (Lipinski definition) is 0. The molecule has 2 aliphatic carbocycles. The second kappa shape index (κ2) is 6.79. The summed E-state index contributed by atoms with van der Waals surface area (Å²) >= 11 is 3.25. The van der Waals surface area contributed by atoms with Gasteiger partial charge in [-0.3, -0.25) is 4.79 Å².